The molecule has 0 rings (SSSR count). The molecule has 5 nitrogen and oxygen atoms in total. The van der Waals surface area contributed by atoms with Gasteiger partial charge >= 0.3 is 5.97 Å². The zero-order chi connectivity index (χ0) is 23.6. The summed E-state index contributed by atoms with van der Waals surface area (Å²) in [6.07, 6.45) is 22.0. The van der Waals surface area contributed by atoms with Gasteiger partial charge in [-0.1, -0.05) is 77.4 Å². The van der Waals surface area contributed by atoms with Crippen LogP contribution in [0.1, 0.15) is 117 Å². The summed E-state index contributed by atoms with van der Waals surface area (Å²) < 4.78 is 0.175. The van der Waals surface area contributed by atoms with Crippen molar-refractivity contribution in [2.24, 2.45) is 0 Å². The van der Waals surface area contributed by atoms with Gasteiger partial charge in [0.15, 0.2) is 0 Å². The molecule has 1 atom stereocenters. The molecule has 182 valence electrons. The Bertz CT molecular complexity index is 511. The van der Waals surface area contributed by atoms with E-state index in [0.29, 0.717) is 19.3 Å². The second-order valence-electron chi connectivity index (χ2n) is 9.81. The lowest BCUT2D eigenvalue weighted by Gasteiger charge is -2.43. The highest BCUT2D eigenvalue weighted by Gasteiger charge is 2.51. The molecule has 31 heavy (non-hydrogen) atoms. The van der Waals surface area contributed by atoms with Crippen molar-refractivity contribution in [1.82, 2.24) is 5.32 Å². The van der Waals surface area contributed by atoms with Crippen LogP contribution in [0.5, 0.6) is 0 Å². The number of carboxylic acids is 1. The van der Waals surface area contributed by atoms with Gasteiger partial charge in [0.1, 0.15) is 0 Å². The van der Waals surface area contributed by atoms with Crippen molar-refractivity contribution in [2.45, 2.75) is 122 Å². The molecular formula is C26H51N2O3+. The molecule has 0 aromatic carbocycles. The summed E-state index contributed by atoms with van der Waals surface area (Å²) in [6, 6.07) is 0. The van der Waals surface area contributed by atoms with E-state index in [1.165, 1.54) is 57.8 Å². The molecule has 1 amide bonds. The summed E-state index contributed by atoms with van der Waals surface area (Å²) in [5.74, 6) is -1.11. The van der Waals surface area contributed by atoms with Crippen molar-refractivity contribution in [3.63, 3.8) is 0 Å². The summed E-state index contributed by atoms with van der Waals surface area (Å²) in [5.41, 5.74) is -1.26. The number of nitrogens with one attached hydrogen (secondary N) is 1. The minimum atomic E-state index is -1.26. The molecule has 0 aliphatic rings. The molecule has 0 aromatic rings. The first-order valence-corrected chi connectivity index (χ1v) is 12.7. The molecule has 2 N–H and O–H groups in total. The van der Waals surface area contributed by atoms with Crippen LogP contribution in [-0.4, -0.2) is 48.3 Å². The van der Waals surface area contributed by atoms with Crippen molar-refractivity contribution in [1.29, 1.82) is 0 Å². The predicted molar refractivity (Wildman–Crippen MR) is 131 cm³/mol. The number of carbonyl (C=O) groups excluding carboxylic acids is 1. The number of hydrogen-bond acceptors (Lipinski definition) is 2. The second-order valence-corrected chi connectivity index (χ2v) is 9.81. The Labute approximate surface area is 192 Å². The highest BCUT2D eigenvalue weighted by molar-refractivity contribution is 5.85. The summed E-state index contributed by atoms with van der Waals surface area (Å²) >= 11 is 0. The summed E-state index contributed by atoms with van der Waals surface area (Å²) in [5, 5.41) is 12.7. The number of aliphatic carboxylic acids is 1. The minimum Gasteiger partial charge on any atom is -0.475 e. The maximum Gasteiger partial charge on any atom is 0.388 e. The molecular weight excluding hydrogens is 388 g/mol. The molecule has 0 saturated heterocycles. The molecule has 0 bridgehead atoms. The molecule has 0 spiro atoms. The van der Waals surface area contributed by atoms with Crippen LogP contribution in [0.3, 0.4) is 0 Å². The Balaban J connectivity index is 3.90. The topological polar surface area (TPSA) is 66.4 Å². The van der Waals surface area contributed by atoms with Crippen LogP contribution < -0.4 is 5.32 Å². The van der Waals surface area contributed by atoms with Crippen LogP contribution in [0.4, 0.5) is 0 Å². The standard InChI is InChI=1S/C26H50N2O3/c1-6-8-9-10-11-12-13-14-15-16-17-18-19-20-21-22-24(29)27-26(23-7-2,25(30)31)28(3,4)5/h14-15H,6-13,16-23H2,1-5H3,(H-,27,29,30,31)/p+1/b15-14-. The van der Waals surface area contributed by atoms with Gasteiger partial charge in [-0.25, -0.2) is 4.79 Å². The smallest absolute Gasteiger partial charge is 0.388 e. The van der Waals surface area contributed by atoms with Gasteiger partial charge in [0.25, 0.3) is 5.66 Å². The normalized spacial score (nSPS) is 14.0. The number of rotatable bonds is 20. The Morgan fingerprint density at radius 2 is 1.26 bits per heavy atom. The number of quaternary nitrogens is 1. The average molecular weight is 440 g/mol. The molecule has 1 unspecified atom stereocenters. The van der Waals surface area contributed by atoms with Crippen LogP contribution in [0.2, 0.25) is 0 Å². The van der Waals surface area contributed by atoms with Crippen molar-refractivity contribution >= 4 is 11.9 Å². The van der Waals surface area contributed by atoms with Crippen molar-refractivity contribution < 1.29 is 19.2 Å². The van der Waals surface area contributed by atoms with Gasteiger partial charge in [-0.05, 0) is 38.5 Å². The lowest BCUT2D eigenvalue weighted by Crippen LogP contribution is -2.71. The fourth-order valence-corrected chi connectivity index (χ4v) is 4.02. The second kappa shape index (κ2) is 17.2. The minimum absolute atomic E-state index is 0.151. The van der Waals surface area contributed by atoms with E-state index in [4.69, 9.17) is 0 Å². The number of nitrogens with zero attached hydrogens (tertiary/aromatic N) is 1. The molecule has 0 aromatic heterocycles. The van der Waals surface area contributed by atoms with E-state index in [0.717, 1.165) is 25.7 Å². The van der Waals surface area contributed by atoms with Gasteiger partial charge < -0.3 is 5.11 Å². The first-order chi connectivity index (χ1) is 14.7. The van der Waals surface area contributed by atoms with Gasteiger partial charge in [-0.3, -0.25) is 14.6 Å². The van der Waals surface area contributed by atoms with Crippen LogP contribution in [0.25, 0.3) is 0 Å². The Morgan fingerprint density at radius 3 is 1.71 bits per heavy atom. The number of carboxylic acid groups (broad SMARTS) is 1. The van der Waals surface area contributed by atoms with Crippen LogP contribution in [0.15, 0.2) is 12.2 Å². The molecule has 0 fully saturated rings. The lowest BCUT2D eigenvalue weighted by molar-refractivity contribution is -0.917. The van der Waals surface area contributed by atoms with E-state index in [2.05, 4.69) is 24.4 Å². The molecule has 0 aliphatic heterocycles. The van der Waals surface area contributed by atoms with E-state index in [1.807, 2.05) is 28.1 Å². The highest BCUT2D eigenvalue weighted by atomic mass is 16.4. The number of hydrogen-bond donors (Lipinski definition) is 2. The average Bonchev–Trinajstić information content (AvgIpc) is 2.69. The Morgan fingerprint density at radius 1 is 0.774 bits per heavy atom. The van der Waals surface area contributed by atoms with Crippen LogP contribution in [0, 0.1) is 0 Å². The van der Waals surface area contributed by atoms with Crippen molar-refractivity contribution in [2.75, 3.05) is 21.1 Å². The largest absolute Gasteiger partial charge is 0.475 e. The maximum atomic E-state index is 12.4. The number of likely N-dealkylation sites (N-methyl/N-ethyl adjacent to an activating group) is 1. The van der Waals surface area contributed by atoms with E-state index < -0.39 is 11.6 Å². The van der Waals surface area contributed by atoms with Crippen molar-refractivity contribution in [3.8, 4) is 0 Å². The van der Waals surface area contributed by atoms with E-state index >= 15 is 0 Å². The quantitative estimate of drug-likeness (QED) is 0.0994. The van der Waals surface area contributed by atoms with E-state index in [9.17, 15) is 14.7 Å². The third kappa shape index (κ3) is 12.9. The number of unbranched alkanes of at least 4 members (excludes halogenated alkanes) is 11. The highest BCUT2D eigenvalue weighted by Crippen LogP contribution is 2.23. The van der Waals surface area contributed by atoms with Gasteiger partial charge in [0.2, 0.25) is 5.91 Å². The molecule has 5 heteroatoms. The monoisotopic (exact) mass is 439 g/mol. The fourth-order valence-electron chi connectivity index (χ4n) is 4.02. The summed E-state index contributed by atoms with van der Waals surface area (Å²) in [6.45, 7) is 4.20. The number of amides is 1. The summed E-state index contributed by atoms with van der Waals surface area (Å²) in [7, 11) is 5.48. The maximum absolute atomic E-state index is 12.4. The number of allylic oxidation sites excluding steroid dienone is 2. The van der Waals surface area contributed by atoms with Crippen LogP contribution >= 0.6 is 0 Å². The molecule has 0 heterocycles. The zero-order valence-corrected chi connectivity index (χ0v) is 21.2. The van der Waals surface area contributed by atoms with Gasteiger partial charge in [-0.2, -0.15) is 0 Å². The van der Waals surface area contributed by atoms with E-state index in [-0.39, 0.29) is 10.4 Å². The van der Waals surface area contributed by atoms with Gasteiger partial charge in [-0.15, -0.1) is 0 Å². The zero-order valence-electron chi connectivity index (χ0n) is 21.2. The van der Waals surface area contributed by atoms with E-state index in [1.54, 1.807) is 0 Å². The molecule has 0 saturated carbocycles. The Kier molecular flexibility index (Phi) is 16.5. The SMILES string of the molecule is CCCCCCCC/C=C\CCCCCCCC(=O)NC(CCC)(C(=O)O)[N+](C)(C)C. The fraction of sp³-hybridized carbons (Fsp3) is 0.846. The lowest BCUT2D eigenvalue weighted by atomic mass is 9.99. The third-order valence-electron chi connectivity index (χ3n) is 6.12. The summed E-state index contributed by atoms with van der Waals surface area (Å²) in [4.78, 5) is 24.4. The molecule has 0 aliphatic carbocycles. The first-order valence-electron chi connectivity index (χ1n) is 12.7. The number of carbonyl (C=O) groups is 2. The third-order valence-corrected chi connectivity index (χ3v) is 6.12. The van der Waals surface area contributed by atoms with Gasteiger partial charge in [0, 0.05) is 12.8 Å². The molecule has 0 radical (unpaired) electrons. The van der Waals surface area contributed by atoms with Gasteiger partial charge in [0.05, 0.1) is 21.1 Å². The van der Waals surface area contributed by atoms with Crippen molar-refractivity contribution in [3.05, 3.63) is 12.2 Å². The predicted octanol–water partition coefficient (Wildman–Crippen LogP) is 6.43. The first kappa shape index (κ1) is 29.6. The van der Waals surface area contributed by atoms with Crippen LogP contribution in [-0.2, 0) is 9.59 Å². The Hall–Kier alpha value is -1.36.